The van der Waals surface area contributed by atoms with Crippen molar-refractivity contribution in [3.63, 3.8) is 0 Å². The Morgan fingerprint density at radius 3 is 2.41 bits per heavy atom. The summed E-state index contributed by atoms with van der Waals surface area (Å²) in [6, 6.07) is 6.33. The average molecular weight is 381 g/mol. The number of piperazine rings is 1. The Bertz CT molecular complexity index is 790. The predicted molar refractivity (Wildman–Crippen MR) is 92.8 cm³/mol. The second-order valence-electron chi connectivity index (χ2n) is 6.08. The van der Waals surface area contributed by atoms with Gasteiger partial charge in [-0.05, 0) is 31.3 Å². The zero-order valence-corrected chi connectivity index (χ0v) is 14.5. The molecule has 1 aliphatic rings. The summed E-state index contributed by atoms with van der Waals surface area (Å²) in [6.45, 7) is 3.47. The van der Waals surface area contributed by atoms with Gasteiger partial charge in [0.2, 0.25) is 0 Å². The number of carbonyl (C=O) groups excluding carboxylic acids is 1. The van der Waals surface area contributed by atoms with E-state index in [1.165, 1.54) is 18.5 Å². The maximum Gasteiger partial charge on any atom is 0.573 e. The Morgan fingerprint density at radius 2 is 1.78 bits per heavy atom. The van der Waals surface area contributed by atoms with E-state index < -0.39 is 18.0 Å². The molecule has 0 radical (unpaired) electrons. The van der Waals surface area contributed by atoms with Crippen LogP contribution in [0.5, 0.6) is 5.75 Å². The molecule has 2 heterocycles. The van der Waals surface area contributed by atoms with Crippen molar-refractivity contribution in [2.75, 3.05) is 43.4 Å². The summed E-state index contributed by atoms with van der Waals surface area (Å²) in [6.07, 6.45) is -3.41. The van der Waals surface area contributed by atoms with E-state index in [9.17, 15) is 18.0 Å². The number of hydrogen-bond acceptors (Lipinski definition) is 6. The van der Waals surface area contributed by atoms with E-state index in [1.807, 2.05) is 7.05 Å². The van der Waals surface area contributed by atoms with Gasteiger partial charge in [-0.25, -0.2) is 9.97 Å². The van der Waals surface area contributed by atoms with Gasteiger partial charge in [0.25, 0.3) is 5.91 Å². The first-order valence-corrected chi connectivity index (χ1v) is 8.23. The first-order valence-electron chi connectivity index (χ1n) is 8.23. The summed E-state index contributed by atoms with van der Waals surface area (Å²) in [4.78, 5) is 24.9. The van der Waals surface area contributed by atoms with Gasteiger partial charge in [0, 0.05) is 37.8 Å². The highest BCUT2D eigenvalue weighted by atomic mass is 19.4. The van der Waals surface area contributed by atoms with Crippen molar-refractivity contribution in [1.29, 1.82) is 0 Å². The maximum absolute atomic E-state index is 12.3. The fourth-order valence-corrected chi connectivity index (χ4v) is 2.62. The standard InChI is InChI=1S/C17H18F3N5O2/c1-24-6-8-25(9-7-24)15-10-14(21-11-22-15)23-16(26)12-2-4-13(5-3-12)27-17(18,19)20/h2-5,10-11H,6-9H2,1H3,(H,21,22,23,26). The number of anilines is 2. The van der Waals surface area contributed by atoms with E-state index in [0.717, 1.165) is 38.3 Å². The molecule has 3 rings (SSSR count). The second kappa shape index (κ2) is 7.78. The van der Waals surface area contributed by atoms with Gasteiger partial charge in [0.05, 0.1) is 0 Å². The van der Waals surface area contributed by atoms with Crippen LogP contribution < -0.4 is 15.0 Å². The van der Waals surface area contributed by atoms with E-state index in [4.69, 9.17) is 0 Å². The molecule has 27 heavy (non-hydrogen) atoms. The fourth-order valence-electron chi connectivity index (χ4n) is 2.62. The fraction of sp³-hybridized carbons (Fsp3) is 0.353. The van der Waals surface area contributed by atoms with Crippen molar-refractivity contribution in [2.45, 2.75) is 6.36 Å². The summed E-state index contributed by atoms with van der Waals surface area (Å²) in [5.74, 6) is 0.150. The highest BCUT2D eigenvalue weighted by Crippen LogP contribution is 2.23. The molecule has 1 N–H and O–H groups in total. The number of hydrogen-bond donors (Lipinski definition) is 1. The van der Waals surface area contributed by atoms with E-state index in [2.05, 4.69) is 29.8 Å². The summed E-state index contributed by atoms with van der Waals surface area (Å²) in [5.41, 5.74) is 0.185. The lowest BCUT2D eigenvalue weighted by atomic mass is 10.2. The molecule has 0 saturated carbocycles. The van der Waals surface area contributed by atoms with Gasteiger partial charge in [-0.2, -0.15) is 0 Å². The van der Waals surface area contributed by atoms with Gasteiger partial charge < -0.3 is 19.9 Å². The van der Waals surface area contributed by atoms with Crippen LogP contribution in [0.2, 0.25) is 0 Å². The van der Waals surface area contributed by atoms with Gasteiger partial charge in [-0.3, -0.25) is 4.79 Å². The number of amides is 1. The van der Waals surface area contributed by atoms with Crippen LogP contribution in [0.1, 0.15) is 10.4 Å². The Kier molecular flexibility index (Phi) is 5.45. The molecule has 144 valence electrons. The molecule has 1 saturated heterocycles. The summed E-state index contributed by atoms with van der Waals surface area (Å²) in [7, 11) is 2.05. The maximum atomic E-state index is 12.3. The predicted octanol–water partition coefficient (Wildman–Crippen LogP) is 2.38. The van der Waals surface area contributed by atoms with Crippen LogP contribution >= 0.6 is 0 Å². The lowest BCUT2D eigenvalue weighted by molar-refractivity contribution is -0.274. The Labute approximate surface area is 153 Å². The summed E-state index contributed by atoms with van der Waals surface area (Å²) >= 11 is 0. The highest BCUT2D eigenvalue weighted by Gasteiger charge is 2.31. The van der Waals surface area contributed by atoms with Crippen LogP contribution in [-0.2, 0) is 0 Å². The number of ether oxygens (including phenoxy) is 1. The van der Waals surface area contributed by atoms with Crippen LogP contribution in [0.15, 0.2) is 36.7 Å². The molecule has 0 unspecified atom stereocenters. The molecule has 0 aliphatic carbocycles. The number of nitrogens with one attached hydrogen (secondary N) is 1. The lowest BCUT2D eigenvalue weighted by Crippen LogP contribution is -2.44. The van der Waals surface area contributed by atoms with Gasteiger partial charge in [0.1, 0.15) is 23.7 Å². The number of nitrogens with zero attached hydrogens (tertiary/aromatic N) is 4. The first-order chi connectivity index (χ1) is 12.8. The minimum Gasteiger partial charge on any atom is -0.406 e. The smallest absolute Gasteiger partial charge is 0.406 e. The molecule has 7 nitrogen and oxygen atoms in total. The van der Waals surface area contributed by atoms with E-state index in [0.29, 0.717) is 11.6 Å². The number of alkyl halides is 3. The van der Waals surface area contributed by atoms with Crippen molar-refractivity contribution in [1.82, 2.24) is 14.9 Å². The average Bonchev–Trinajstić information content (AvgIpc) is 2.62. The van der Waals surface area contributed by atoms with Crippen molar-refractivity contribution < 1.29 is 22.7 Å². The van der Waals surface area contributed by atoms with Gasteiger partial charge in [0.15, 0.2) is 0 Å². The van der Waals surface area contributed by atoms with Gasteiger partial charge in [-0.1, -0.05) is 0 Å². The number of halogens is 3. The number of benzene rings is 1. The zero-order chi connectivity index (χ0) is 19.4. The Balaban J connectivity index is 1.65. The van der Waals surface area contributed by atoms with Crippen LogP contribution in [-0.4, -0.2) is 60.4 Å². The molecule has 10 heteroatoms. The molecule has 1 aliphatic heterocycles. The third kappa shape index (κ3) is 5.30. The van der Waals surface area contributed by atoms with E-state index in [-0.39, 0.29) is 5.56 Å². The van der Waals surface area contributed by atoms with Crippen LogP contribution in [0, 0.1) is 0 Å². The molecule has 1 amide bonds. The quantitative estimate of drug-likeness (QED) is 0.877. The largest absolute Gasteiger partial charge is 0.573 e. The van der Waals surface area contributed by atoms with Crippen molar-refractivity contribution >= 4 is 17.5 Å². The third-order valence-electron chi connectivity index (χ3n) is 4.07. The molecule has 2 aromatic rings. The highest BCUT2D eigenvalue weighted by molar-refractivity contribution is 6.03. The Morgan fingerprint density at radius 1 is 1.11 bits per heavy atom. The number of carbonyl (C=O) groups is 1. The van der Waals surface area contributed by atoms with Crippen LogP contribution in [0.4, 0.5) is 24.8 Å². The van der Waals surface area contributed by atoms with Crippen LogP contribution in [0.3, 0.4) is 0 Å². The topological polar surface area (TPSA) is 70.6 Å². The minimum atomic E-state index is -4.77. The minimum absolute atomic E-state index is 0.185. The SMILES string of the molecule is CN1CCN(c2cc(NC(=O)c3ccc(OC(F)(F)F)cc3)ncn2)CC1. The molecule has 0 bridgehead atoms. The lowest BCUT2D eigenvalue weighted by Gasteiger charge is -2.33. The van der Waals surface area contributed by atoms with Crippen molar-refractivity contribution in [3.05, 3.63) is 42.2 Å². The molecule has 0 atom stereocenters. The molecular formula is C17H18F3N5O2. The third-order valence-corrected chi connectivity index (χ3v) is 4.07. The second-order valence-corrected chi connectivity index (χ2v) is 6.08. The number of likely N-dealkylation sites (N-methyl/N-ethyl adjacent to an activating group) is 1. The summed E-state index contributed by atoms with van der Waals surface area (Å²) < 4.78 is 40.3. The van der Waals surface area contributed by atoms with E-state index in [1.54, 1.807) is 6.07 Å². The van der Waals surface area contributed by atoms with Crippen molar-refractivity contribution in [3.8, 4) is 5.75 Å². The molecule has 1 aromatic carbocycles. The van der Waals surface area contributed by atoms with E-state index >= 15 is 0 Å². The van der Waals surface area contributed by atoms with Gasteiger partial charge in [-0.15, -0.1) is 13.2 Å². The number of rotatable bonds is 4. The molecule has 1 aromatic heterocycles. The van der Waals surface area contributed by atoms with Crippen molar-refractivity contribution in [2.24, 2.45) is 0 Å². The number of aromatic nitrogens is 2. The Hall–Kier alpha value is -2.88. The molecular weight excluding hydrogens is 363 g/mol. The normalized spacial score (nSPS) is 15.5. The molecule has 1 fully saturated rings. The summed E-state index contributed by atoms with van der Waals surface area (Å²) in [5, 5.41) is 2.62. The molecule has 0 spiro atoms. The first kappa shape index (κ1) is 18.9. The van der Waals surface area contributed by atoms with Gasteiger partial charge >= 0.3 is 6.36 Å². The van der Waals surface area contributed by atoms with Crippen LogP contribution in [0.25, 0.3) is 0 Å². The zero-order valence-electron chi connectivity index (χ0n) is 14.5. The monoisotopic (exact) mass is 381 g/mol.